The SMILES string of the molecule is CC(C)CN1CCOC(COC(=O)CCCc2nc(-c3ccc(F)cc3)no2)C1. The number of rotatable bonds is 9. The third-order valence-corrected chi connectivity index (χ3v) is 4.62. The van der Waals surface area contributed by atoms with E-state index in [9.17, 15) is 9.18 Å². The number of ether oxygens (including phenoxy) is 2. The number of hydrogen-bond donors (Lipinski definition) is 0. The number of aromatic nitrogens is 2. The normalized spacial score (nSPS) is 17.6. The number of esters is 1. The van der Waals surface area contributed by atoms with Crippen molar-refractivity contribution >= 4 is 5.97 Å². The van der Waals surface area contributed by atoms with Crippen molar-refractivity contribution in [2.75, 3.05) is 32.8 Å². The minimum absolute atomic E-state index is 0.0688. The molecule has 2 aromatic rings. The summed E-state index contributed by atoms with van der Waals surface area (Å²) < 4.78 is 29.2. The number of benzene rings is 1. The second kappa shape index (κ2) is 10.5. The first-order valence-corrected chi connectivity index (χ1v) is 10.1. The van der Waals surface area contributed by atoms with Crippen molar-refractivity contribution in [2.24, 2.45) is 5.92 Å². The van der Waals surface area contributed by atoms with E-state index in [4.69, 9.17) is 14.0 Å². The van der Waals surface area contributed by atoms with Crippen molar-refractivity contribution in [3.8, 4) is 11.4 Å². The molecule has 3 rings (SSSR count). The fraction of sp³-hybridized carbons (Fsp3) is 0.571. The van der Waals surface area contributed by atoms with Crippen molar-refractivity contribution in [3.63, 3.8) is 0 Å². The lowest BCUT2D eigenvalue weighted by atomic mass is 10.2. The van der Waals surface area contributed by atoms with Crippen molar-refractivity contribution in [1.29, 1.82) is 0 Å². The quantitative estimate of drug-likeness (QED) is 0.593. The van der Waals surface area contributed by atoms with Gasteiger partial charge in [-0.3, -0.25) is 9.69 Å². The molecule has 0 N–H and O–H groups in total. The molecule has 0 saturated carbocycles. The van der Waals surface area contributed by atoms with Crippen molar-refractivity contribution < 1.29 is 23.2 Å². The molecule has 8 heteroatoms. The van der Waals surface area contributed by atoms with Gasteiger partial charge in [-0.15, -0.1) is 0 Å². The Bertz CT molecular complexity index is 778. The summed E-state index contributed by atoms with van der Waals surface area (Å²) >= 11 is 0. The average molecular weight is 405 g/mol. The largest absolute Gasteiger partial charge is 0.463 e. The van der Waals surface area contributed by atoms with Gasteiger partial charge in [0.15, 0.2) is 0 Å². The summed E-state index contributed by atoms with van der Waals surface area (Å²) in [5, 5.41) is 3.89. The van der Waals surface area contributed by atoms with Crippen LogP contribution in [0.5, 0.6) is 0 Å². The van der Waals surface area contributed by atoms with Gasteiger partial charge in [-0.25, -0.2) is 4.39 Å². The van der Waals surface area contributed by atoms with Gasteiger partial charge in [0.1, 0.15) is 18.5 Å². The molecule has 0 radical (unpaired) electrons. The first kappa shape index (κ1) is 21.4. The monoisotopic (exact) mass is 405 g/mol. The maximum atomic E-state index is 13.0. The summed E-state index contributed by atoms with van der Waals surface area (Å²) in [5.74, 6) is 0.875. The van der Waals surface area contributed by atoms with Crippen LogP contribution in [0.3, 0.4) is 0 Å². The van der Waals surface area contributed by atoms with E-state index in [2.05, 4.69) is 28.9 Å². The van der Waals surface area contributed by atoms with Crippen LogP contribution < -0.4 is 0 Å². The van der Waals surface area contributed by atoms with Gasteiger partial charge in [0, 0.05) is 38.0 Å². The van der Waals surface area contributed by atoms with E-state index < -0.39 is 0 Å². The molecule has 0 amide bonds. The number of aryl methyl sites for hydroxylation is 1. The molecule has 29 heavy (non-hydrogen) atoms. The molecule has 7 nitrogen and oxygen atoms in total. The van der Waals surface area contributed by atoms with E-state index in [1.807, 2.05) is 0 Å². The number of carbonyl (C=O) groups excluding carboxylic acids is 1. The first-order chi connectivity index (χ1) is 14.0. The van der Waals surface area contributed by atoms with Crippen molar-refractivity contribution in [2.45, 2.75) is 39.2 Å². The Morgan fingerprint density at radius 2 is 2.14 bits per heavy atom. The Morgan fingerprint density at radius 1 is 1.34 bits per heavy atom. The zero-order valence-corrected chi connectivity index (χ0v) is 17.0. The number of hydrogen-bond acceptors (Lipinski definition) is 7. The van der Waals surface area contributed by atoms with Gasteiger partial charge in [0.05, 0.1) is 6.61 Å². The summed E-state index contributed by atoms with van der Waals surface area (Å²) in [7, 11) is 0. The van der Waals surface area contributed by atoms with Crippen LogP contribution in [0.25, 0.3) is 11.4 Å². The van der Waals surface area contributed by atoms with Gasteiger partial charge in [-0.2, -0.15) is 4.98 Å². The van der Waals surface area contributed by atoms with Gasteiger partial charge in [0.25, 0.3) is 0 Å². The van der Waals surface area contributed by atoms with Crippen LogP contribution in [0.2, 0.25) is 0 Å². The van der Waals surface area contributed by atoms with Gasteiger partial charge in [0.2, 0.25) is 11.7 Å². The Balaban J connectivity index is 1.35. The molecule has 0 aliphatic carbocycles. The minimum atomic E-state index is -0.317. The second-order valence-corrected chi connectivity index (χ2v) is 7.70. The lowest BCUT2D eigenvalue weighted by molar-refractivity contribution is -0.150. The third kappa shape index (κ3) is 6.90. The fourth-order valence-corrected chi connectivity index (χ4v) is 3.28. The van der Waals surface area contributed by atoms with E-state index in [0.29, 0.717) is 42.6 Å². The molecular formula is C21H28FN3O4. The highest BCUT2D eigenvalue weighted by atomic mass is 19.1. The van der Waals surface area contributed by atoms with Crippen molar-refractivity contribution in [3.05, 3.63) is 36.0 Å². The van der Waals surface area contributed by atoms with Crippen molar-refractivity contribution in [1.82, 2.24) is 15.0 Å². The lowest BCUT2D eigenvalue weighted by Crippen LogP contribution is -2.45. The average Bonchev–Trinajstić information content (AvgIpc) is 3.16. The zero-order chi connectivity index (χ0) is 20.6. The van der Waals surface area contributed by atoms with Gasteiger partial charge in [-0.1, -0.05) is 19.0 Å². The molecule has 2 heterocycles. The molecule has 0 spiro atoms. The predicted molar refractivity (Wildman–Crippen MR) is 105 cm³/mol. The molecule has 1 aliphatic rings. The first-order valence-electron chi connectivity index (χ1n) is 10.1. The minimum Gasteiger partial charge on any atom is -0.463 e. The third-order valence-electron chi connectivity index (χ3n) is 4.62. The van der Waals surface area contributed by atoms with Gasteiger partial charge >= 0.3 is 5.97 Å². The molecule has 0 bridgehead atoms. The standard InChI is InChI=1S/C21H28FN3O4/c1-15(2)12-25-10-11-27-18(13-25)14-28-20(26)5-3-4-19-23-21(24-29-19)16-6-8-17(22)9-7-16/h6-9,15,18H,3-5,10-14H2,1-2H3. The van der Waals surface area contributed by atoms with Crippen LogP contribution >= 0.6 is 0 Å². The summed E-state index contributed by atoms with van der Waals surface area (Å²) in [6, 6.07) is 5.88. The summed E-state index contributed by atoms with van der Waals surface area (Å²) in [6.45, 7) is 8.07. The Hall–Kier alpha value is -2.32. The zero-order valence-electron chi connectivity index (χ0n) is 17.0. The highest BCUT2D eigenvalue weighted by molar-refractivity contribution is 5.69. The smallest absolute Gasteiger partial charge is 0.305 e. The molecule has 1 aromatic carbocycles. The Morgan fingerprint density at radius 3 is 2.90 bits per heavy atom. The molecule has 1 saturated heterocycles. The molecule has 1 unspecified atom stereocenters. The molecular weight excluding hydrogens is 377 g/mol. The van der Waals surface area contributed by atoms with E-state index in [1.165, 1.54) is 12.1 Å². The molecule has 1 aromatic heterocycles. The maximum Gasteiger partial charge on any atom is 0.305 e. The number of halogens is 1. The van der Waals surface area contributed by atoms with Crippen LogP contribution in [0, 0.1) is 11.7 Å². The maximum absolute atomic E-state index is 13.0. The second-order valence-electron chi connectivity index (χ2n) is 7.70. The van der Waals surface area contributed by atoms with Crippen LogP contribution in [0.15, 0.2) is 28.8 Å². The predicted octanol–water partition coefficient (Wildman–Crippen LogP) is 3.10. The number of morpholine rings is 1. The molecule has 1 fully saturated rings. The Labute approximate surface area is 170 Å². The number of nitrogens with zero attached hydrogens (tertiary/aromatic N) is 3. The lowest BCUT2D eigenvalue weighted by Gasteiger charge is -2.33. The van der Waals surface area contributed by atoms with Crippen LogP contribution in [-0.2, 0) is 20.7 Å². The van der Waals surface area contributed by atoms with Crippen LogP contribution in [0.4, 0.5) is 4.39 Å². The van der Waals surface area contributed by atoms with Crippen LogP contribution in [0.1, 0.15) is 32.6 Å². The van der Waals surface area contributed by atoms with E-state index in [0.717, 1.165) is 19.6 Å². The fourth-order valence-electron chi connectivity index (χ4n) is 3.28. The molecule has 1 aliphatic heterocycles. The summed E-state index contributed by atoms with van der Waals surface area (Å²) in [4.78, 5) is 18.6. The van der Waals surface area contributed by atoms with E-state index in [-0.39, 0.29) is 30.9 Å². The topological polar surface area (TPSA) is 77.7 Å². The summed E-state index contributed by atoms with van der Waals surface area (Å²) in [5.41, 5.74) is 0.680. The highest BCUT2D eigenvalue weighted by Crippen LogP contribution is 2.17. The molecule has 158 valence electrons. The van der Waals surface area contributed by atoms with Gasteiger partial charge < -0.3 is 14.0 Å². The van der Waals surface area contributed by atoms with E-state index >= 15 is 0 Å². The Kier molecular flexibility index (Phi) is 7.71. The molecule has 1 atom stereocenters. The van der Waals surface area contributed by atoms with Gasteiger partial charge in [-0.05, 0) is 36.6 Å². The van der Waals surface area contributed by atoms with E-state index in [1.54, 1.807) is 12.1 Å². The number of carbonyl (C=O) groups is 1. The highest BCUT2D eigenvalue weighted by Gasteiger charge is 2.22. The summed E-state index contributed by atoms with van der Waals surface area (Å²) in [6.07, 6.45) is 1.23. The van der Waals surface area contributed by atoms with Crippen LogP contribution in [-0.4, -0.2) is 60.0 Å².